The quantitative estimate of drug-likeness (QED) is 0.762. The molecular weight excluding hydrogens is 266 g/mol. The molecule has 0 aromatic carbocycles. The van der Waals surface area contributed by atoms with Crippen LogP contribution in [-0.2, 0) is 29.1 Å². The highest BCUT2D eigenvalue weighted by Gasteiger charge is 2.13. The lowest BCUT2D eigenvalue weighted by Crippen LogP contribution is -2.04. The van der Waals surface area contributed by atoms with Crippen LogP contribution in [0.25, 0.3) is 0 Å². The van der Waals surface area contributed by atoms with Gasteiger partial charge in [0, 0.05) is 12.5 Å². The molecule has 0 N–H and O–H groups in total. The van der Waals surface area contributed by atoms with Crippen molar-refractivity contribution in [2.45, 2.75) is 26.6 Å². The lowest BCUT2D eigenvalue weighted by Gasteiger charge is -2.00. The maximum absolute atomic E-state index is 11.7. The maximum atomic E-state index is 11.7. The summed E-state index contributed by atoms with van der Waals surface area (Å²) in [6.07, 6.45) is 0.886. The van der Waals surface area contributed by atoms with Gasteiger partial charge in [-0.15, -0.1) is 11.3 Å². The molecule has 0 aliphatic rings. The van der Waals surface area contributed by atoms with Crippen molar-refractivity contribution in [1.82, 2.24) is 4.98 Å². The molecule has 0 aliphatic carbocycles. The summed E-state index contributed by atoms with van der Waals surface area (Å²) in [4.78, 5) is 16.1. The van der Waals surface area contributed by atoms with Crippen molar-refractivity contribution >= 4 is 17.3 Å². The van der Waals surface area contributed by atoms with E-state index < -0.39 is 5.97 Å². The van der Waals surface area contributed by atoms with E-state index in [0.29, 0.717) is 12.4 Å². The van der Waals surface area contributed by atoms with Gasteiger partial charge in [-0.1, -0.05) is 6.92 Å². The fraction of sp³-hybridized carbons (Fsp3) is 0.385. The number of carbonyl (C=O) groups excluding carboxylic acids is 1. The smallest absolute Gasteiger partial charge is 0.374 e. The highest BCUT2D eigenvalue weighted by atomic mass is 32.1. The second-order valence-corrected chi connectivity index (χ2v) is 4.80. The number of hydrogen-bond acceptors (Lipinski definition) is 6. The average Bonchev–Trinajstić information content (AvgIpc) is 3.05. The van der Waals surface area contributed by atoms with Gasteiger partial charge in [0.1, 0.15) is 19.0 Å². The van der Waals surface area contributed by atoms with Crippen molar-refractivity contribution in [3.63, 3.8) is 0 Å². The van der Waals surface area contributed by atoms with Crippen LogP contribution in [0.2, 0.25) is 0 Å². The zero-order valence-electron chi connectivity index (χ0n) is 10.8. The molecule has 6 heteroatoms. The number of esters is 1. The maximum Gasteiger partial charge on any atom is 0.374 e. The summed E-state index contributed by atoms with van der Waals surface area (Å²) in [6, 6.07) is 3.27. The summed E-state index contributed by atoms with van der Waals surface area (Å²) in [6.45, 7) is 2.53. The Balaban J connectivity index is 1.89. The van der Waals surface area contributed by atoms with E-state index >= 15 is 0 Å². The number of aryl methyl sites for hydroxylation is 1. The van der Waals surface area contributed by atoms with Crippen LogP contribution in [0, 0.1) is 0 Å². The Morgan fingerprint density at radius 1 is 1.42 bits per heavy atom. The molecule has 0 atom stereocenters. The number of aromatic nitrogens is 1. The standard InChI is InChI=1S/C13H15NO4S/c1-3-12-14-9(8-19-12)6-17-13(15)11-5-4-10(18-11)7-16-2/h4-5,8H,3,6-7H2,1-2H3. The van der Waals surface area contributed by atoms with Crippen LogP contribution < -0.4 is 0 Å². The van der Waals surface area contributed by atoms with E-state index in [1.54, 1.807) is 30.6 Å². The minimum atomic E-state index is -0.492. The van der Waals surface area contributed by atoms with Crippen LogP contribution in [-0.4, -0.2) is 18.1 Å². The SMILES string of the molecule is CCc1nc(COC(=O)c2ccc(COC)o2)cs1. The van der Waals surface area contributed by atoms with Crippen molar-refractivity contribution in [2.24, 2.45) is 0 Å². The molecule has 0 spiro atoms. The van der Waals surface area contributed by atoms with Gasteiger partial charge in [-0.3, -0.25) is 0 Å². The Hall–Kier alpha value is -1.66. The largest absolute Gasteiger partial charge is 0.453 e. The first-order chi connectivity index (χ1) is 9.22. The first-order valence-corrected chi connectivity index (χ1v) is 6.79. The van der Waals surface area contributed by atoms with E-state index in [-0.39, 0.29) is 12.4 Å². The fourth-order valence-electron chi connectivity index (χ4n) is 1.50. The van der Waals surface area contributed by atoms with Crippen molar-refractivity contribution in [1.29, 1.82) is 0 Å². The summed E-state index contributed by atoms with van der Waals surface area (Å²) in [5, 5.41) is 2.93. The van der Waals surface area contributed by atoms with Crippen LogP contribution >= 0.6 is 11.3 Å². The Kier molecular flexibility index (Phi) is 4.70. The van der Waals surface area contributed by atoms with E-state index in [9.17, 15) is 4.79 Å². The van der Waals surface area contributed by atoms with Crippen molar-refractivity contribution in [3.8, 4) is 0 Å². The van der Waals surface area contributed by atoms with Gasteiger partial charge in [0.15, 0.2) is 0 Å². The molecule has 0 radical (unpaired) electrons. The van der Waals surface area contributed by atoms with E-state index in [1.165, 1.54) is 0 Å². The zero-order valence-corrected chi connectivity index (χ0v) is 11.7. The summed E-state index contributed by atoms with van der Waals surface area (Å²) in [5.41, 5.74) is 0.763. The predicted octanol–water partition coefficient (Wildman–Crippen LogP) is 2.80. The fourth-order valence-corrected chi connectivity index (χ4v) is 2.23. The molecule has 102 valence electrons. The Labute approximate surface area is 115 Å². The predicted molar refractivity (Wildman–Crippen MR) is 70.0 cm³/mol. The zero-order chi connectivity index (χ0) is 13.7. The van der Waals surface area contributed by atoms with Crippen LogP contribution in [0.3, 0.4) is 0 Å². The molecule has 2 heterocycles. The third-order valence-electron chi connectivity index (χ3n) is 2.40. The molecule has 2 aromatic rings. The summed E-state index contributed by atoms with van der Waals surface area (Å²) < 4.78 is 15.3. The topological polar surface area (TPSA) is 61.6 Å². The number of furan rings is 1. The molecule has 0 saturated heterocycles. The monoisotopic (exact) mass is 281 g/mol. The van der Waals surface area contributed by atoms with Crippen molar-refractivity contribution in [2.75, 3.05) is 7.11 Å². The third kappa shape index (κ3) is 3.65. The van der Waals surface area contributed by atoms with Gasteiger partial charge in [-0.05, 0) is 18.6 Å². The molecule has 2 aromatic heterocycles. The molecule has 0 fully saturated rings. The second kappa shape index (κ2) is 6.49. The first-order valence-electron chi connectivity index (χ1n) is 5.91. The van der Waals surface area contributed by atoms with Gasteiger partial charge >= 0.3 is 5.97 Å². The number of thiazole rings is 1. The van der Waals surface area contributed by atoms with Gasteiger partial charge in [0.25, 0.3) is 0 Å². The van der Waals surface area contributed by atoms with Crippen LogP contribution in [0.1, 0.15) is 33.9 Å². The second-order valence-electron chi connectivity index (χ2n) is 3.86. The highest BCUT2D eigenvalue weighted by Crippen LogP contribution is 2.14. The number of carbonyl (C=O) groups is 1. The Morgan fingerprint density at radius 3 is 2.95 bits per heavy atom. The van der Waals surface area contributed by atoms with E-state index in [1.807, 2.05) is 12.3 Å². The highest BCUT2D eigenvalue weighted by molar-refractivity contribution is 7.09. The molecular formula is C13H15NO4S. The number of nitrogens with zero attached hydrogens (tertiary/aromatic N) is 1. The number of methoxy groups -OCH3 is 1. The summed E-state index contributed by atoms with van der Waals surface area (Å²) >= 11 is 1.57. The molecule has 5 nitrogen and oxygen atoms in total. The van der Waals surface area contributed by atoms with Gasteiger partial charge in [0.05, 0.1) is 10.7 Å². The first kappa shape index (κ1) is 13.8. The van der Waals surface area contributed by atoms with Gasteiger partial charge in [-0.25, -0.2) is 9.78 Å². The molecule has 0 unspecified atom stereocenters. The van der Waals surface area contributed by atoms with E-state index in [0.717, 1.165) is 17.1 Å². The molecule has 19 heavy (non-hydrogen) atoms. The van der Waals surface area contributed by atoms with Gasteiger partial charge in [0.2, 0.25) is 5.76 Å². The molecule has 0 saturated carbocycles. The van der Waals surface area contributed by atoms with Crippen LogP contribution in [0.5, 0.6) is 0 Å². The van der Waals surface area contributed by atoms with Crippen LogP contribution in [0.4, 0.5) is 0 Å². The minimum absolute atomic E-state index is 0.162. The minimum Gasteiger partial charge on any atom is -0.453 e. The van der Waals surface area contributed by atoms with Crippen LogP contribution in [0.15, 0.2) is 21.9 Å². The van der Waals surface area contributed by atoms with Gasteiger partial charge in [-0.2, -0.15) is 0 Å². The lowest BCUT2D eigenvalue weighted by molar-refractivity contribution is 0.0425. The Morgan fingerprint density at radius 2 is 2.26 bits per heavy atom. The van der Waals surface area contributed by atoms with Gasteiger partial charge < -0.3 is 13.9 Å². The number of rotatable bonds is 6. The van der Waals surface area contributed by atoms with E-state index in [2.05, 4.69) is 4.98 Å². The molecule has 0 bridgehead atoms. The Bertz CT molecular complexity index is 546. The summed E-state index contributed by atoms with van der Waals surface area (Å²) in [7, 11) is 1.56. The molecule has 0 aliphatic heterocycles. The third-order valence-corrected chi connectivity index (χ3v) is 3.44. The molecule has 0 amide bonds. The van der Waals surface area contributed by atoms with E-state index in [4.69, 9.17) is 13.9 Å². The van der Waals surface area contributed by atoms with Crippen molar-refractivity contribution < 1.29 is 18.7 Å². The van der Waals surface area contributed by atoms with Crippen molar-refractivity contribution in [3.05, 3.63) is 39.7 Å². The number of hydrogen-bond donors (Lipinski definition) is 0. The number of ether oxygens (including phenoxy) is 2. The summed E-state index contributed by atoms with van der Waals surface area (Å²) in [5.74, 6) is 0.280. The lowest BCUT2D eigenvalue weighted by atomic mass is 10.4. The average molecular weight is 281 g/mol. The molecule has 2 rings (SSSR count). The normalized spacial score (nSPS) is 10.6.